The maximum Gasteiger partial charge on any atom is 0.234 e. The molecule has 1 aromatic carbocycles. The molecular formula is C14H20Cl2N2O2. The summed E-state index contributed by atoms with van der Waals surface area (Å²) in [5.41, 5.74) is 0.599. The van der Waals surface area contributed by atoms with E-state index >= 15 is 0 Å². The Morgan fingerprint density at radius 1 is 1.40 bits per heavy atom. The zero-order chi connectivity index (χ0) is 15.3. The third-order valence-corrected chi connectivity index (χ3v) is 3.17. The standard InChI is InChI=1S/C14H20Cl2N2O2/c1-9(2)6-17-13(19)8-18(3)7-10-4-11(15)5-12(16)14(10)20/h4-5,9,20H,6-8H2,1-3H3,(H,17,19). The first-order valence-electron chi connectivity index (χ1n) is 6.41. The highest BCUT2D eigenvalue weighted by atomic mass is 35.5. The number of nitrogens with one attached hydrogen (secondary N) is 1. The SMILES string of the molecule is CC(C)CNC(=O)CN(C)Cc1cc(Cl)cc(Cl)c1O. The Kier molecular flexibility index (Phi) is 6.59. The monoisotopic (exact) mass is 318 g/mol. The summed E-state index contributed by atoms with van der Waals surface area (Å²) in [5.74, 6) is 0.374. The molecule has 1 aromatic rings. The van der Waals surface area contributed by atoms with Gasteiger partial charge in [0, 0.05) is 23.7 Å². The summed E-state index contributed by atoms with van der Waals surface area (Å²) in [4.78, 5) is 13.5. The highest BCUT2D eigenvalue weighted by Crippen LogP contribution is 2.31. The number of benzene rings is 1. The van der Waals surface area contributed by atoms with Crippen molar-refractivity contribution < 1.29 is 9.90 Å². The molecule has 0 unspecified atom stereocenters. The first-order valence-corrected chi connectivity index (χ1v) is 7.17. The van der Waals surface area contributed by atoms with Crippen molar-refractivity contribution in [3.05, 3.63) is 27.7 Å². The van der Waals surface area contributed by atoms with Crippen molar-refractivity contribution in [1.29, 1.82) is 0 Å². The van der Waals surface area contributed by atoms with Gasteiger partial charge in [0.1, 0.15) is 5.75 Å². The van der Waals surface area contributed by atoms with Gasteiger partial charge in [-0.2, -0.15) is 0 Å². The molecule has 2 N–H and O–H groups in total. The summed E-state index contributed by atoms with van der Waals surface area (Å²) >= 11 is 11.8. The van der Waals surface area contributed by atoms with Gasteiger partial charge >= 0.3 is 0 Å². The van der Waals surface area contributed by atoms with Gasteiger partial charge in [0.25, 0.3) is 0 Å². The second-order valence-corrected chi connectivity index (χ2v) is 6.11. The minimum Gasteiger partial charge on any atom is -0.506 e. The van der Waals surface area contributed by atoms with Gasteiger partial charge in [-0.15, -0.1) is 0 Å². The van der Waals surface area contributed by atoms with E-state index in [2.05, 4.69) is 5.32 Å². The molecular weight excluding hydrogens is 299 g/mol. The van der Waals surface area contributed by atoms with Crippen molar-refractivity contribution in [3.8, 4) is 5.75 Å². The van der Waals surface area contributed by atoms with Gasteiger partial charge in [-0.05, 0) is 25.1 Å². The third kappa shape index (κ3) is 5.57. The molecule has 1 amide bonds. The molecule has 0 fully saturated rings. The number of phenols is 1. The molecule has 0 radical (unpaired) electrons. The van der Waals surface area contributed by atoms with E-state index in [0.717, 1.165) is 0 Å². The highest BCUT2D eigenvalue weighted by molar-refractivity contribution is 6.35. The van der Waals surface area contributed by atoms with Crippen LogP contribution < -0.4 is 5.32 Å². The molecule has 0 atom stereocenters. The van der Waals surface area contributed by atoms with Crippen LogP contribution in [0.5, 0.6) is 5.75 Å². The molecule has 0 spiro atoms. The average molecular weight is 319 g/mol. The number of halogens is 2. The number of carbonyl (C=O) groups is 1. The molecule has 6 heteroatoms. The normalized spacial score (nSPS) is 11.2. The average Bonchev–Trinajstić information content (AvgIpc) is 2.32. The molecule has 112 valence electrons. The van der Waals surface area contributed by atoms with E-state index in [4.69, 9.17) is 23.2 Å². The zero-order valence-corrected chi connectivity index (χ0v) is 13.4. The maximum atomic E-state index is 11.7. The molecule has 0 saturated heterocycles. The Balaban J connectivity index is 2.58. The first-order chi connectivity index (χ1) is 9.29. The topological polar surface area (TPSA) is 52.6 Å². The van der Waals surface area contributed by atoms with Crippen LogP contribution in [0.15, 0.2) is 12.1 Å². The van der Waals surface area contributed by atoms with Crippen LogP contribution in [0.2, 0.25) is 10.0 Å². The molecule has 4 nitrogen and oxygen atoms in total. The highest BCUT2D eigenvalue weighted by Gasteiger charge is 2.12. The second-order valence-electron chi connectivity index (χ2n) is 5.27. The molecule has 0 saturated carbocycles. The van der Waals surface area contributed by atoms with Gasteiger partial charge in [0.05, 0.1) is 11.6 Å². The predicted molar refractivity (Wildman–Crippen MR) is 82.3 cm³/mol. The lowest BCUT2D eigenvalue weighted by Crippen LogP contribution is -2.36. The van der Waals surface area contributed by atoms with E-state index < -0.39 is 0 Å². The second kappa shape index (κ2) is 7.72. The number of amides is 1. The molecule has 0 aliphatic carbocycles. The number of hydrogen-bond acceptors (Lipinski definition) is 3. The molecule has 0 aliphatic rings. The maximum absolute atomic E-state index is 11.7. The van der Waals surface area contributed by atoms with E-state index in [9.17, 15) is 9.90 Å². The van der Waals surface area contributed by atoms with E-state index in [1.54, 1.807) is 18.0 Å². The fourth-order valence-corrected chi connectivity index (χ4v) is 2.24. The van der Waals surface area contributed by atoms with Crippen molar-refractivity contribution in [3.63, 3.8) is 0 Å². The molecule has 0 aliphatic heterocycles. The lowest BCUT2D eigenvalue weighted by Gasteiger charge is -2.18. The summed E-state index contributed by atoms with van der Waals surface area (Å²) in [6.45, 7) is 5.37. The van der Waals surface area contributed by atoms with Crippen molar-refractivity contribution in [1.82, 2.24) is 10.2 Å². The Bertz CT molecular complexity index is 478. The smallest absolute Gasteiger partial charge is 0.234 e. The molecule has 0 bridgehead atoms. The van der Waals surface area contributed by atoms with Gasteiger partial charge < -0.3 is 10.4 Å². The summed E-state index contributed by atoms with van der Waals surface area (Å²) < 4.78 is 0. The van der Waals surface area contributed by atoms with Crippen LogP contribution in [0.3, 0.4) is 0 Å². The Labute approximate surface area is 129 Å². The predicted octanol–water partition coefficient (Wildman–Crippen LogP) is 2.90. The van der Waals surface area contributed by atoms with E-state index in [0.29, 0.717) is 29.6 Å². The van der Waals surface area contributed by atoms with Gasteiger partial charge in [-0.3, -0.25) is 9.69 Å². The van der Waals surface area contributed by atoms with Crippen LogP contribution in [0.25, 0.3) is 0 Å². The Morgan fingerprint density at radius 2 is 2.05 bits per heavy atom. The lowest BCUT2D eigenvalue weighted by atomic mass is 10.2. The number of nitrogens with zero attached hydrogens (tertiary/aromatic N) is 1. The zero-order valence-electron chi connectivity index (χ0n) is 11.9. The Morgan fingerprint density at radius 3 is 2.65 bits per heavy atom. The number of likely N-dealkylation sites (N-methyl/N-ethyl adjacent to an activating group) is 1. The lowest BCUT2D eigenvalue weighted by molar-refractivity contribution is -0.122. The van der Waals surface area contributed by atoms with Gasteiger partial charge in [-0.25, -0.2) is 0 Å². The molecule has 0 heterocycles. The number of rotatable bonds is 6. The van der Waals surface area contributed by atoms with Gasteiger partial charge in [-0.1, -0.05) is 37.0 Å². The number of aromatic hydroxyl groups is 1. The minimum atomic E-state index is -0.0474. The van der Waals surface area contributed by atoms with Crippen LogP contribution in [-0.2, 0) is 11.3 Å². The Hall–Kier alpha value is -0.970. The summed E-state index contributed by atoms with van der Waals surface area (Å²) in [6, 6.07) is 3.13. The van der Waals surface area contributed by atoms with Crippen LogP contribution >= 0.6 is 23.2 Å². The van der Waals surface area contributed by atoms with E-state index in [1.165, 1.54) is 6.07 Å². The van der Waals surface area contributed by atoms with Crippen molar-refractivity contribution in [2.24, 2.45) is 5.92 Å². The van der Waals surface area contributed by atoms with E-state index in [1.807, 2.05) is 13.8 Å². The summed E-state index contributed by atoms with van der Waals surface area (Å²) in [5, 5.41) is 13.4. The number of carbonyl (C=O) groups excluding carboxylic acids is 1. The first kappa shape index (κ1) is 17.1. The van der Waals surface area contributed by atoms with Crippen LogP contribution in [0, 0.1) is 5.92 Å². The van der Waals surface area contributed by atoms with Crippen LogP contribution in [0.1, 0.15) is 19.4 Å². The number of phenolic OH excluding ortho intramolecular Hbond substituents is 1. The largest absolute Gasteiger partial charge is 0.506 e. The third-order valence-electron chi connectivity index (χ3n) is 2.67. The molecule has 0 aromatic heterocycles. The summed E-state index contributed by atoms with van der Waals surface area (Å²) in [7, 11) is 1.79. The van der Waals surface area contributed by atoms with Crippen LogP contribution in [-0.4, -0.2) is 36.1 Å². The van der Waals surface area contributed by atoms with E-state index in [-0.39, 0.29) is 23.2 Å². The van der Waals surface area contributed by atoms with Crippen LogP contribution in [0.4, 0.5) is 0 Å². The van der Waals surface area contributed by atoms with Crippen molar-refractivity contribution in [2.45, 2.75) is 20.4 Å². The molecule has 1 rings (SSSR count). The minimum absolute atomic E-state index is 0.00510. The quantitative estimate of drug-likeness (QED) is 0.848. The molecule has 20 heavy (non-hydrogen) atoms. The van der Waals surface area contributed by atoms with Gasteiger partial charge in [0.15, 0.2) is 0 Å². The number of hydrogen-bond donors (Lipinski definition) is 2. The fraction of sp³-hybridized carbons (Fsp3) is 0.500. The summed E-state index contributed by atoms with van der Waals surface area (Å²) in [6.07, 6.45) is 0. The fourth-order valence-electron chi connectivity index (χ4n) is 1.71. The van der Waals surface area contributed by atoms with Crippen molar-refractivity contribution >= 4 is 29.1 Å². The van der Waals surface area contributed by atoms with Gasteiger partial charge in [0.2, 0.25) is 5.91 Å². The van der Waals surface area contributed by atoms with Crippen molar-refractivity contribution in [2.75, 3.05) is 20.1 Å².